The van der Waals surface area contributed by atoms with Gasteiger partial charge in [-0.15, -0.1) is 0 Å². The van der Waals surface area contributed by atoms with Crippen LogP contribution in [0.15, 0.2) is 133 Å². The molecule has 4 nitrogen and oxygen atoms in total. The van der Waals surface area contributed by atoms with Crippen LogP contribution in [0.3, 0.4) is 0 Å². The van der Waals surface area contributed by atoms with Gasteiger partial charge in [0, 0.05) is 16.5 Å². The number of benzene rings is 5. The number of aromatic nitrogens is 1. The van der Waals surface area contributed by atoms with Crippen molar-refractivity contribution in [3.05, 3.63) is 155 Å². The molecule has 6 rings (SSSR count). The first-order valence-corrected chi connectivity index (χ1v) is 12.9. The second kappa shape index (κ2) is 10.6. The lowest BCUT2D eigenvalue weighted by molar-refractivity contribution is -0.132. The van der Waals surface area contributed by atoms with Gasteiger partial charge >= 0.3 is 5.97 Å². The van der Waals surface area contributed by atoms with Crippen molar-refractivity contribution in [1.82, 2.24) is 4.57 Å². The average molecular weight is 517 g/mol. The first-order valence-electron chi connectivity index (χ1n) is 12.9. The van der Waals surface area contributed by atoms with E-state index in [-0.39, 0.29) is 5.57 Å². The third-order valence-corrected chi connectivity index (χ3v) is 6.99. The highest BCUT2D eigenvalue weighted by Gasteiger charge is 2.13. The Morgan fingerprint density at radius 1 is 0.650 bits per heavy atom. The van der Waals surface area contributed by atoms with Gasteiger partial charge in [0.1, 0.15) is 11.6 Å². The predicted molar refractivity (Wildman–Crippen MR) is 162 cm³/mol. The highest BCUT2D eigenvalue weighted by molar-refractivity contribution is 6.10. The maximum absolute atomic E-state index is 11.4. The topological polar surface area (TPSA) is 66.0 Å². The molecule has 0 unspecified atom stereocenters. The lowest BCUT2D eigenvalue weighted by Crippen LogP contribution is -1.97. The molecule has 1 N–H and O–H groups in total. The molecule has 0 atom stereocenters. The zero-order valence-electron chi connectivity index (χ0n) is 21.5. The number of nitriles is 1. The molecule has 40 heavy (non-hydrogen) atoms. The SMILES string of the molecule is N#C/C(=C/c1ccc2c(c1)c1ccccc1n2-c1ccc(C=C(c2ccccc2)c2ccccc2)cc1)C(=O)O. The van der Waals surface area contributed by atoms with Crippen LogP contribution in [-0.4, -0.2) is 15.6 Å². The maximum atomic E-state index is 11.4. The molecule has 0 aliphatic heterocycles. The number of rotatable bonds is 6. The number of fused-ring (bicyclic) bond motifs is 3. The largest absolute Gasteiger partial charge is 0.477 e. The average Bonchev–Trinajstić information content (AvgIpc) is 3.33. The Hall–Kier alpha value is -5.66. The third-order valence-electron chi connectivity index (χ3n) is 6.99. The van der Waals surface area contributed by atoms with Crippen LogP contribution < -0.4 is 0 Å². The van der Waals surface area contributed by atoms with Gasteiger partial charge in [-0.2, -0.15) is 5.26 Å². The van der Waals surface area contributed by atoms with E-state index < -0.39 is 5.97 Å². The van der Waals surface area contributed by atoms with Crippen molar-refractivity contribution in [3.63, 3.8) is 0 Å². The van der Waals surface area contributed by atoms with E-state index in [2.05, 4.69) is 95.6 Å². The number of aliphatic carboxylic acids is 1. The van der Waals surface area contributed by atoms with Crippen LogP contribution in [-0.2, 0) is 4.79 Å². The Balaban J connectivity index is 1.45. The van der Waals surface area contributed by atoms with Gasteiger partial charge in [-0.1, -0.05) is 97.1 Å². The minimum Gasteiger partial charge on any atom is -0.477 e. The van der Waals surface area contributed by atoms with Crippen molar-refractivity contribution in [1.29, 1.82) is 5.26 Å². The summed E-state index contributed by atoms with van der Waals surface area (Å²) in [5.41, 5.74) is 8.03. The normalized spacial score (nSPS) is 11.3. The lowest BCUT2D eigenvalue weighted by atomic mass is 9.96. The molecular weight excluding hydrogens is 492 g/mol. The van der Waals surface area contributed by atoms with Gasteiger partial charge in [0.2, 0.25) is 0 Å². The maximum Gasteiger partial charge on any atom is 0.346 e. The minimum absolute atomic E-state index is 0.294. The summed E-state index contributed by atoms with van der Waals surface area (Å²) in [6, 6.07) is 45.0. The van der Waals surface area contributed by atoms with Crippen molar-refractivity contribution < 1.29 is 9.90 Å². The molecule has 1 heterocycles. The fourth-order valence-electron chi connectivity index (χ4n) is 5.12. The molecule has 0 bridgehead atoms. The minimum atomic E-state index is -1.23. The number of carboxylic acids is 1. The Bertz CT molecular complexity index is 1920. The molecule has 0 saturated heterocycles. The van der Waals surface area contributed by atoms with Crippen LogP contribution in [0.4, 0.5) is 0 Å². The lowest BCUT2D eigenvalue weighted by Gasteiger charge is -2.11. The highest BCUT2D eigenvalue weighted by Crippen LogP contribution is 2.33. The van der Waals surface area contributed by atoms with E-state index >= 15 is 0 Å². The van der Waals surface area contributed by atoms with Gasteiger partial charge < -0.3 is 9.67 Å². The molecular formula is C36H24N2O2. The van der Waals surface area contributed by atoms with Crippen LogP contribution >= 0.6 is 0 Å². The highest BCUT2D eigenvalue weighted by atomic mass is 16.4. The third kappa shape index (κ3) is 4.69. The molecule has 1 aromatic heterocycles. The van der Waals surface area contributed by atoms with E-state index in [1.165, 1.54) is 6.08 Å². The Labute approximate surface area is 232 Å². The molecule has 5 aromatic carbocycles. The van der Waals surface area contributed by atoms with Crippen molar-refractivity contribution in [2.75, 3.05) is 0 Å². The van der Waals surface area contributed by atoms with E-state index in [1.807, 2.05) is 42.5 Å². The van der Waals surface area contributed by atoms with E-state index in [0.717, 1.165) is 49.8 Å². The zero-order valence-corrected chi connectivity index (χ0v) is 21.5. The Morgan fingerprint density at radius 2 is 1.23 bits per heavy atom. The standard InChI is InChI=1S/C36H24N2O2/c37-24-29(36(39)40)21-26-17-20-35-33(23-26)31-13-7-8-14-34(31)38(35)30-18-15-25(16-19-30)22-32(27-9-3-1-4-10-27)28-11-5-2-6-12-28/h1-23H,(H,39,40)/b29-21-. The fourth-order valence-corrected chi connectivity index (χ4v) is 5.12. The van der Waals surface area contributed by atoms with Crippen LogP contribution in [0.1, 0.15) is 22.3 Å². The van der Waals surface area contributed by atoms with Gasteiger partial charge in [-0.3, -0.25) is 0 Å². The molecule has 0 aliphatic rings. The molecule has 0 saturated carbocycles. The first-order chi connectivity index (χ1) is 19.6. The number of hydrogen-bond donors (Lipinski definition) is 1. The van der Waals surface area contributed by atoms with Crippen LogP contribution in [0.25, 0.3) is 45.2 Å². The Morgan fingerprint density at radius 3 is 1.85 bits per heavy atom. The Kier molecular flexibility index (Phi) is 6.54. The molecule has 0 spiro atoms. The first kappa shape index (κ1) is 24.7. The van der Waals surface area contributed by atoms with E-state index in [4.69, 9.17) is 0 Å². The number of hydrogen-bond acceptors (Lipinski definition) is 2. The predicted octanol–water partition coefficient (Wildman–Crippen LogP) is 8.36. The molecule has 0 radical (unpaired) electrons. The van der Waals surface area contributed by atoms with Gasteiger partial charge in [-0.25, -0.2) is 4.79 Å². The molecule has 0 aliphatic carbocycles. The summed E-state index contributed by atoms with van der Waals surface area (Å²) in [7, 11) is 0. The number of carboxylic acid groups (broad SMARTS) is 1. The van der Waals surface area contributed by atoms with Crippen LogP contribution in [0.2, 0.25) is 0 Å². The van der Waals surface area contributed by atoms with Gasteiger partial charge in [0.15, 0.2) is 0 Å². The number of para-hydroxylation sites is 1. The summed E-state index contributed by atoms with van der Waals surface area (Å²) in [6.07, 6.45) is 3.63. The molecule has 0 fully saturated rings. The monoisotopic (exact) mass is 516 g/mol. The van der Waals surface area contributed by atoms with Crippen LogP contribution in [0, 0.1) is 11.3 Å². The number of nitrogens with zero attached hydrogens (tertiary/aromatic N) is 2. The quantitative estimate of drug-likeness (QED) is 0.137. The fraction of sp³-hybridized carbons (Fsp3) is 0. The van der Waals surface area contributed by atoms with Crippen molar-refractivity contribution in [2.45, 2.75) is 0 Å². The summed E-state index contributed by atoms with van der Waals surface area (Å²) in [6.45, 7) is 0. The number of carbonyl (C=O) groups is 1. The smallest absolute Gasteiger partial charge is 0.346 e. The summed E-state index contributed by atoms with van der Waals surface area (Å²) in [5.74, 6) is -1.23. The van der Waals surface area contributed by atoms with Gasteiger partial charge in [0.05, 0.1) is 11.0 Å². The van der Waals surface area contributed by atoms with E-state index in [1.54, 1.807) is 6.07 Å². The summed E-state index contributed by atoms with van der Waals surface area (Å²) in [4.78, 5) is 11.4. The molecule has 4 heteroatoms. The second-order valence-corrected chi connectivity index (χ2v) is 9.49. The van der Waals surface area contributed by atoms with Crippen molar-refractivity contribution >= 4 is 45.5 Å². The van der Waals surface area contributed by atoms with Gasteiger partial charge in [0.25, 0.3) is 0 Å². The molecule has 0 amide bonds. The van der Waals surface area contributed by atoms with Gasteiger partial charge in [-0.05, 0) is 70.3 Å². The zero-order chi connectivity index (χ0) is 27.5. The molecule has 6 aromatic rings. The van der Waals surface area contributed by atoms with Crippen LogP contribution in [0.5, 0.6) is 0 Å². The van der Waals surface area contributed by atoms with Crippen molar-refractivity contribution in [3.8, 4) is 11.8 Å². The van der Waals surface area contributed by atoms with E-state index in [9.17, 15) is 15.2 Å². The summed E-state index contributed by atoms with van der Waals surface area (Å²) >= 11 is 0. The second-order valence-electron chi connectivity index (χ2n) is 9.49. The molecule has 190 valence electrons. The van der Waals surface area contributed by atoms with E-state index in [0.29, 0.717) is 5.56 Å². The summed E-state index contributed by atoms with van der Waals surface area (Å²) in [5, 5.41) is 20.5. The summed E-state index contributed by atoms with van der Waals surface area (Å²) < 4.78 is 2.21. The van der Waals surface area contributed by atoms with Crippen molar-refractivity contribution in [2.24, 2.45) is 0 Å².